The van der Waals surface area contributed by atoms with Gasteiger partial charge in [0, 0.05) is 10.7 Å². The maximum atomic E-state index is 13.3. The van der Waals surface area contributed by atoms with Gasteiger partial charge in [-0.3, -0.25) is 14.5 Å². The second-order valence-electron chi connectivity index (χ2n) is 7.39. The van der Waals surface area contributed by atoms with Gasteiger partial charge in [-0.05, 0) is 43.2 Å². The SMILES string of the molecule is Cc1ccc(NC2=C(c3ccc(C)cc3)C(=O)N(Cc3ccccc3Cl)C2=O)cc1. The molecule has 3 aromatic rings. The molecule has 5 heteroatoms. The molecule has 1 N–H and O–H groups in total. The van der Waals surface area contributed by atoms with E-state index in [0.717, 1.165) is 22.4 Å². The Morgan fingerprint density at radius 3 is 2.03 bits per heavy atom. The van der Waals surface area contributed by atoms with Gasteiger partial charge >= 0.3 is 0 Å². The molecule has 0 fully saturated rings. The molecular formula is C25H21ClN2O2. The quantitative estimate of drug-likeness (QED) is 0.570. The number of imide groups is 1. The van der Waals surface area contributed by atoms with E-state index < -0.39 is 0 Å². The molecule has 1 heterocycles. The van der Waals surface area contributed by atoms with E-state index in [-0.39, 0.29) is 24.1 Å². The Morgan fingerprint density at radius 2 is 1.40 bits per heavy atom. The summed E-state index contributed by atoms with van der Waals surface area (Å²) in [7, 11) is 0. The second-order valence-corrected chi connectivity index (χ2v) is 7.80. The van der Waals surface area contributed by atoms with E-state index in [2.05, 4.69) is 5.32 Å². The van der Waals surface area contributed by atoms with Gasteiger partial charge in [0.15, 0.2) is 0 Å². The lowest BCUT2D eigenvalue weighted by Crippen LogP contribution is -2.32. The zero-order valence-corrected chi connectivity index (χ0v) is 17.5. The number of benzene rings is 3. The standard InChI is InChI=1S/C25H21ClN2O2/c1-16-7-11-18(12-8-16)22-23(27-20-13-9-17(2)10-14-20)25(30)28(24(22)29)15-19-5-3-4-6-21(19)26/h3-14,27H,15H2,1-2H3. The van der Waals surface area contributed by atoms with Crippen molar-refractivity contribution in [2.45, 2.75) is 20.4 Å². The van der Waals surface area contributed by atoms with Gasteiger partial charge in [-0.25, -0.2) is 0 Å². The fourth-order valence-electron chi connectivity index (χ4n) is 3.40. The third-order valence-corrected chi connectivity index (χ3v) is 5.48. The van der Waals surface area contributed by atoms with Crippen LogP contribution in [0, 0.1) is 13.8 Å². The number of hydrogen-bond donors (Lipinski definition) is 1. The van der Waals surface area contributed by atoms with Crippen LogP contribution in [-0.2, 0) is 16.1 Å². The average Bonchev–Trinajstić information content (AvgIpc) is 2.96. The number of amides is 2. The van der Waals surface area contributed by atoms with Gasteiger partial charge in [-0.1, -0.05) is 77.3 Å². The predicted molar refractivity (Wildman–Crippen MR) is 120 cm³/mol. The summed E-state index contributed by atoms with van der Waals surface area (Å²) in [5.41, 5.74) is 5.02. The van der Waals surface area contributed by atoms with Gasteiger partial charge in [0.25, 0.3) is 11.8 Å². The summed E-state index contributed by atoms with van der Waals surface area (Å²) in [5, 5.41) is 3.70. The predicted octanol–water partition coefficient (Wildman–Crippen LogP) is 5.35. The maximum Gasteiger partial charge on any atom is 0.278 e. The summed E-state index contributed by atoms with van der Waals surface area (Å²) in [6.45, 7) is 4.09. The van der Waals surface area contributed by atoms with E-state index in [9.17, 15) is 9.59 Å². The molecule has 1 aliphatic heterocycles. The van der Waals surface area contributed by atoms with Crippen molar-refractivity contribution in [2.24, 2.45) is 0 Å². The molecule has 1 aliphatic rings. The van der Waals surface area contributed by atoms with Crippen LogP contribution in [0.15, 0.2) is 78.5 Å². The molecule has 150 valence electrons. The molecule has 30 heavy (non-hydrogen) atoms. The fraction of sp³-hybridized carbons (Fsp3) is 0.120. The van der Waals surface area contributed by atoms with Crippen LogP contribution in [0.5, 0.6) is 0 Å². The van der Waals surface area contributed by atoms with Gasteiger partial charge < -0.3 is 5.32 Å². The van der Waals surface area contributed by atoms with Crippen molar-refractivity contribution in [1.82, 2.24) is 4.90 Å². The minimum absolute atomic E-state index is 0.117. The molecular weight excluding hydrogens is 396 g/mol. The van der Waals surface area contributed by atoms with Gasteiger partial charge in [-0.2, -0.15) is 0 Å². The molecule has 0 unspecified atom stereocenters. The molecule has 0 aromatic heterocycles. The smallest absolute Gasteiger partial charge is 0.278 e. The van der Waals surface area contributed by atoms with Crippen molar-refractivity contribution in [3.05, 3.63) is 106 Å². The van der Waals surface area contributed by atoms with Crippen LogP contribution in [0.25, 0.3) is 5.57 Å². The third-order valence-electron chi connectivity index (χ3n) is 5.12. The molecule has 0 atom stereocenters. The highest BCUT2D eigenvalue weighted by atomic mass is 35.5. The van der Waals surface area contributed by atoms with Crippen LogP contribution in [-0.4, -0.2) is 16.7 Å². The summed E-state index contributed by atoms with van der Waals surface area (Å²) in [5.74, 6) is -0.700. The molecule has 0 aliphatic carbocycles. The highest BCUT2D eigenvalue weighted by Gasteiger charge is 2.39. The largest absolute Gasteiger partial charge is 0.350 e. The lowest BCUT2D eigenvalue weighted by molar-refractivity contribution is -0.137. The van der Waals surface area contributed by atoms with Crippen molar-refractivity contribution in [1.29, 1.82) is 0 Å². The molecule has 0 saturated heterocycles. The Labute approximate surface area is 180 Å². The molecule has 0 spiro atoms. The summed E-state index contributed by atoms with van der Waals surface area (Å²) < 4.78 is 0. The zero-order valence-electron chi connectivity index (χ0n) is 16.8. The normalized spacial score (nSPS) is 13.9. The van der Waals surface area contributed by atoms with Crippen LogP contribution >= 0.6 is 11.6 Å². The minimum Gasteiger partial charge on any atom is -0.350 e. The summed E-state index contributed by atoms with van der Waals surface area (Å²) in [4.78, 5) is 27.9. The molecule has 2 amide bonds. The Kier molecular flexibility index (Phi) is 5.42. The highest BCUT2D eigenvalue weighted by Crippen LogP contribution is 2.32. The molecule has 4 nitrogen and oxygen atoms in total. The van der Waals surface area contributed by atoms with E-state index in [1.54, 1.807) is 6.07 Å². The summed E-state index contributed by atoms with van der Waals surface area (Å²) in [6.07, 6.45) is 0. The molecule has 0 radical (unpaired) electrons. The number of nitrogens with one attached hydrogen (secondary N) is 1. The molecule has 3 aromatic carbocycles. The number of carbonyl (C=O) groups excluding carboxylic acids is 2. The van der Waals surface area contributed by atoms with Crippen molar-refractivity contribution >= 4 is 34.7 Å². The van der Waals surface area contributed by atoms with Crippen molar-refractivity contribution < 1.29 is 9.59 Å². The first kappa shape index (κ1) is 19.9. The molecule has 0 bridgehead atoms. The Balaban J connectivity index is 1.74. The monoisotopic (exact) mass is 416 g/mol. The number of carbonyl (C=O) groups is 2. The zero-order chi connectivity index (χ0) is 21.3. The first-order valence-corrected chi connectivity index (χ1v) is 10.1. The lowest BCUT2D eigenvalue weighted by Gasteiger charge is -2.16. The summed E-state index contributed by atoms with van der Waals surface area (Å²) in [6, 6.07) is 22.5. The number of aryl methyl sites for hydroxylation is 2. The topological polar surface area (TPSA) is 49.4 Å². The fourth-order valence-corrected chi connectivity index (χ4v) is 3.60. The lowest BCUT2D eigenvalue weighted by atomic mass is 10.0. The minimum atomic E-state index is -0.365. The van der Waals surface area contributed by atoms with Crippen molar-refractivity contribution in [2.75, 3.05) is 5.32 Å². The Morgan fingerprint density at radius 1 is 0.800 bits per heavy atom. The first-order chi connectivity index (χ1) is 14.4. The number of halogens is 1. The highest BCUT2D eigenvalue weighted by molar-refractivity contribution is 6.36. The third kappa shape index (κ3) is 3.87. The number of nitrogens with zero attached hydrogens (tertiary/aromatic N) is 1. The van der Waals surface area contributed by atoms with E-state index in [4.69, 9.17) is 11.6 Å². The first-order valence-electron chi connectivity index (χ1n) is 9.68. The van der Waals surface area contributed by atoms with Crippen LogP contribution in [0.3, 0.4) is 0 Å². The average molecular weight is 417 g/mol. The van der Waals surface area contributed by atoms with Crippen molar-refractivity contribution in [3.8, 4) is 0 Å². The van der Waals surface area contributed by atoms with E-state index in [0.29, 0.717) is 16.2 Å². The van der Waals surface area contributed by atoms with Crippen LogP contribution in [0.2, 0.25) is 5.02 Å². The molecule has 0 saturated carbocycles. The maximum absolute atomic E-state index is 13.3. The number of rotatable bonds is 5. The van der Waals surface area contributed by atoms with E-state index in [1.807, 2.05) is 80.6 Å². The van der Waals surface area contributed by atoms with Crippen LogP contribution < -0.4 is 5.32 Å². The van der Waals surface area contributed by atoms with Crippen LogP contribution in [0.4, 0.5) is 5.69 Å². The number of anilines is 1. The van der Waals surface area contributed by atoms with Gasteiger partial charge in [0.2, 0.25) is 0 Å². The second kappa shape index (κ2) is 8.17. The summed E-state index contributed by atoms with van der Waals surface area (Å²) >= 11 is 6.27. The van der Waals surface area contributed by atoms with E-state index >= 15 is 0 Å². The van der Waals surface area contributed by atoms with Gasteiger partial charge in [-0.15, -0.1) is 0 Å². The molecule has 4 rings (SSSR count). The van der Waals surface area contributed by atoms with Gasteiger partial charge in [0.05, 0.1) is 12.1 Å². The Hall–Kier alpha value is -3.37. The number of hydrogen-bond acceptors (Lipinski definition) is 3. The van der Waals surface area contributed by atoms with Crippen molar-refractivity contribution in [3.63, 3.8) is 0 Å². The Bertz CT molecular complexity index is 1150. The van der Waals surface area contributed by atoms with Crippen LogP contribution in [0.1, 0.15) is 22.3 Å². The van der Waals surface area contributed by atoms with Gasteiger partial charge in [0.1, 0.15) is 5.70 Å². The van der Waals surface area contributed by atoms with E-state index in [1.165, 1.54) is 4.90 Å².